The summed E-state index contributed by atoms with van der Waals surface area (Å²) in [4.78, 5) is 0. The van der Waals surface area contributed by atoms with Crippen molar-refractivity contribution in [3.8, 4) is 11.5 Å². The number of ether oxygens (including phenoxy) is 2. The summed E-state index contributed by atoms with van der Waals surface area (Å²) in [6.07, 6.45) is 0. The monoisotopic (exact) mass is 196 g/mol. The van der Waals surface area contributed by atoms with Crippen molar-refractivity contribution in [2.24, 2.45) is 5.73 Å². The van der Waals surface area contributed by atoms with E-state index in [9.17, 15) is 0 Å². The quantitative estimate of drug-likeness (QED) is 0.715. The Labute approximate surface area is 83.8 Å². The zero-order valence-corrected chi connectivity index (χ0v) is 8.70. The van der Waals surface area contributed by atoms with Crippen LogP contribution in [0.5, 0.6) is 11.5 Å². The smallest absolute Gasteiger partial charge is 0.145 e. The van der Waals surface area contributed by atoms with Crippen LogP contribution in [0, 0.1) is 0 Å². The van der Waals surface area contributed by atoms with Crippen molar-refractivity contribution < 1.29 is 9.47 Å². The first-order valence-electron chi connectivity index (χ1n) is 4.37. The van der Waals surface area contributed by atoms with Crippen LogP contribution in [0.25, 0.3) is 0 Å². The van der Waals surface area contributed by atoms with E-state index in [1.807, 2.05) is 19.1 Å². The second-order valence-electron chi connectivity index (χ2n) is 3.13. The number of nitrogens with two attached hydrogens (primary N) is 2. The second kappa shape index (κ2) is 4.19. The maximum atomic E-state index is 5.78. The van der Waals surface area contributed by atoms with Gasteiger partial charge < -0.3 is 20.9 Å². The number of hydrogen-bond acceptors (Lipinski definition) is 4. The average Bonchev–Trinajstić information content (AvgIpc) is 2.17. The first-order valence-corrected chi connectivity index (χ1v) is 4.37. The van der Waals surface area contributed by atoms with Gasteiger partial charge in [-0.3, -0.25) is 0 Å². The van der Waals surface area contributed by atoms with E-state index in [-0.39, 0.29) is 6.04 Å². The summed E-state index contributed by atoms with van der Waals surface area (Å²) in [6.45, 7) is 1.89. The lowest BCUT2D eigenvalue weighted by molar-refractivity contribution is 0.397. The topological polar surface area (TPSA) is 70.5 Å². The molecule has 0 aliphatic rings. The van der Waals surface area contributed by atoms with Gasteiger partial charge in [0.15, 0.2) is 0 Å². The standard InChI is InChI=1S/C10H16N2O2/c1-6(11)7-4-8(13-2)10(12)9(5-7)14-3/h4-6H,11-12H2,1-3H3. The van der Waals surface area contributed by atoms with Crippen molar-refractivity contribution in [1.82, 2.24) is 0 Å². The van der Waals surface area contributed by atoms with Gasteiger partial charge in [-0.15, -0.1) is 0 Å². The van der Waals surface area contributed by atoms with Gasteiger partial charge >= 0.3 is 0 Å². The van der Waals surface area contributed by atoms with Crippen LogP contribution >= 0.6 is 0 Å². The number of hydrogen-bond donors (Lipinski definition) is 2. The number of anilines is 1. The highest BCUT2D eigenvalue weighted by molar-refractivity contribution is 5.64. The summed E-state index contributed by atoms with van der Waals surface area (Å²) in [6, 6.07) is 3.57. The van der Waals surface area contributed by atoms with E-state index < -0.39 is 0 Å². The van der Waals surface area contributed by atoms with Crippen LogP contribution < -0.4 is 20.9 Å². The molecule has 1 unspecified atom stereocenters. The molecule has 0 aliphatic carbocycles. The summed E-state index contributed by atoms with van der Waals surface area (Å²) in [7, 11) is 3.13. The number of benzene rings is 1. The Hall–Kier alpha value is -1.42. The van der Waals surface area contributed by atoms with Crippen molar-refractivity contribution in [2.75, 3.05) is 20.0 Å². The van der Waals surface area contributed by atoms with Crippen LogP contribution in [-0.2, 0) is 0 Å². The fourth-order valence-electron chi connectivity index (χ4n) is 1.22. The van der Waals surface area contributed by atoms with E-state index in [4.69, 9.17) is 20.9 Å². The Morgan fingerprint density at radius 3 is 1.86 bits per heavy atom. The third-order valence-corrected chi connectivity index (χ3v) is 2.09. The highest BCUT2D eigenvalue weighted by Gasteiger charge is 2.10. The minimum Gasteiger partial charge on any atom is -0.494 e. The van der Waals surface area contributed by atoms with Gasteiger partial charge in [-0.05, 0) is 24.6 Å². The Kier molecular flexibility index (Phi) is 3.19. The fourth-order valence-corrected chi connectivity index (χ4v) is 1.22. The first-order chi connectivity index (χ1) is 6.60. The number of nitrogen functional groups attached to an aromatic ring is 1. The molecule has 14 heavy (non-hydrogen) atoms. The summed E-state index contributed by atoms with van der Waals surface area (Å²) in [5.41, 5.74) is 13.0. The number of rotatable bonds is 3. The molecule has 4 heteroatoms. The van der Waals surface area contributed by atoms with E-state index in [1.54, 1.807) is 14.2 Å². The molecule has 0 saturated carbocycles. The Bertz CT molecular complexity index is 299. The number of methoxy groups -OCH3 is 2. The maximum absolute atomic E-state index is 5.78. The molecule has 1 aromatic carbocycles. The van der Waals surface area contributed by atoms with E-state index in [1.165, 1.54) is 0 Å². The second-order valence-corrected chi connectivity index (χ2v) is 3.13. The fraction of sp³-hybridized carbons (Fsp3) is 0.400. The van der Waals surface area contributed by atoms with Crippen LogP contribution in [0.3, 0.4) is 0 Å². The molecule has 0 radical (unpaired) electrons. The molecular weight excluding hydrogens is 180 g/mol. The molecule has 0 amide bonds. The van der Waals surface area contributed by atoms with Crippen molar-refractivity contribution >= 4 is 5.69 Å². The molecule has 4 nitrogen and oxygen atoms in total. The van der Waals surface area contributed by atoms with E-state index in [2.05, 4.69) is 0 Å². The van der Waals surface area contributed by atoms with Crippen molar-refractivity contribution in [2.45, 2.75) is 13.0 Å². The van der Waals surface area contributed by atoms with Crippen molar-refractivity contribution in [1.29, 1.82) is 0 Å². The summed E-state index contributed by atoms with van der Waals surface area (Å²) in [5, 5.41) is 0. The SMILES string of the molecule is COc1cc(C(C)N)cc(OC)c1N. The highest BCUT2D eigenvalue weighted by atomic mass is 16.5. The van der Waals surface area contributed by atoms with Crippen LogP contribution in [0.1, 0.15) is 18.5 Å². The van der Waals surface area contributed by atoms with E-state index in [0.717, 1.165) is 5.56 Å². The van der Waals surface area contributed by atoms with E-state index in [0.29, 0.717) is 17.2 Å². The normalized spacial score (nSPS) is 12.3. The first kappa shape index (κ1) is 10.7. The van der Waals surface area contributed by atoms with Gasteiger partial charge in [0.25, 0.3) is 0 Å². The van der Waals surface area contributed by atoms with Gasteiger partial charge in [-0.1, -0.05) is 0 Å². The molecule has 78 valence electrons. The molecule has 0 aliphatic heterocycles. The van der Waals surface area contributed by atoms with Gasteiger partial charge in [0.2, 0.25) is 0 Å². The van der Waals surface area contributed by atoms with Crippen molar-refractivity contribution in [3.63, 3.8) is 0 Å². The lowest BCUT2D eigenvalue weighted by Crippen LogP contribution is -2.07. The molecule has 0 spiro atoms. The van der Waals surface area contributed by atoms with Gasteiger partial charge in [-0.25, -0.2) is 0 Å². The lowest BCUT2D eigenvalue weighted by Gasteiger charge is -2.13. The molecule has 1 aromatic rings. The molecule has 4 N–H and O–H groups in total. The predicted molar refractivity (Wildman–Crippen MR) is 56.6 cm³/mol. The minimum atomic E-state index is -0.0709. The maximum Gasteiger partial charge on any atom is 0.145 e. The average molecular weight is 196 g/mol. The summed E-state index contributed by atoms with van der Waals surface area (Å²) >= 11 is 0. The summed E-state index contributed by atoms with van der Waals surface area (Å²) in [5.74, 6) is 1.19. The van der Waals surface area contributed by atoms with Crippen LogP contribution in [0.4, 0.5) is 5.69 Å². The largest absolute Gasteiger partial charge is 0.494 e. The zero-order chi connectivity index (χ0) is 10.7. The highest BCUT2D eigenvalue weighted by Crippen LogP contribution is 2.34. The van der Waals surface area contributed by atoms with Gasteiger partial charge in [0, 0.05) is 6.04 Å². The molecule has 1 rings (SSSR count). The third-order valence-electron chi connectivity index (χ3n) is 2.09. The van der Waals surface area contributed by atoms with Crippen LogP contribution in [-0.4, -0.2) is 14.2 Å². The predicted octanol–water partition coefficient (Wildman–Crippen LogP) is 1.31. The molecule has 0 bridgehead atoms. The van der Waals surface area contributed by atoms with Crippen LogP contribution in [0.2, 0.25) is 0 Å². The van der Waals surface area contributed by atoms with Gasteiger partial charge in [-0.2, -0.15) is 0 Å². The Morgan fingerprint density at radius 1 is 1.14 bits per heavy atom. The zero-order valence-electron chi connectivity index (χ0n) is 8.70. The minimum absolute atomic E-state index is 0.0709. The van der Waals surface area contributed by atoms with Crippen molar-refractivity contribution in [3.05, 3.63) is 17.7 Å². The molecule has 0 aromatic heterocycles. The molecule has 0 heterocycles. The van der Waals surface area contributed by atoms with E-state index >= 15 is 0 Å². The molecule has 0 saturated heterocycles. The van der Waals surface area contributed by atoms with Crippen LogP contribution in [0.15, 0.2) is 12.1 Å². The van der Waals surface area contributed by atoms with Gasteiger partial charge in [0.1, 0.15) is 17.2 Å². The summed E-state index contributed by atoms with van der Waals surface area (Å²) < 4.78 is 10.2. The third kappa shape index (κ3) is 1.90. The molecule has 0 fully saturated rings. The Balaban J connectivity index is 3.25. The lowest BCUT2D eigenvalue weighted by atomic mass is 10.1. The molecule has 1 atom stereocenters. The Morgan fingerprint density at radius 2 is 1.57 bits per heavy atom. The molecular formula is C10H16N2O2. The van der Waals surface area contributed by atoms with Gasteiger partial charge in [0.05, 0.1) is 14.2 Å².